The van der Waals surface area contributed by atoms with Crippen molar-refractivity contribution in [3.8, 4) is 5.75 Å². The largest absolute Gasteiger partial charge is 0.487 e. The van der Waals surface area contributed by atoms with Crippen molar-refractivity contribution in [2.24, 2.45) is 5.92 Å². The lowest BCUT2D eigenvalue weighted by Gasteiger charge is -2.38. The summed E-state index contributed by atoms with van der Waals surface area (Å²) >= 11 is 0. The van der Waals surface area contributed by atoms with Crippen LogP contribution in [0.25, 0.3) is 10.8 Å². The second-order valence-corrected chi connectivity index (χ2v) is 11.9. The van der Waals surface area contributed by atoms with E-state index in [1.165, 1.54) is 0 Å². The number of nitrogens with zero attached hydrogens (tertiary/aromatic N) is 3. The molecule has 45 heavy (non-hydrogen) atoms. The summed E-state index contributed by atoms with van der Waals surface area (Å²) in [6, 6.07) is 18.0. The number of ether oxygens (including phenoxy) is 2. The Balaban J connectivity index is 1.31. The van der Waals surface area contributed by atoms with Crippen LogP contribution in [0.1, 0.15) is 30.6 Å². The zero-order valence-corrected chi connectivity index (χ0v) is 26.2. The van der Waals surface area contributed by atoms with Gasteiger partial charge in [-0.3, -0.25) is 14.5 Å². The smallest absolute Gasteiger partial charge is 0.321 e. The molecule has 11 heteroatoms. The number of rotatable bonds is 9. The molecule has 1 saturated heterocycles. The Morgan fingerprint density at radius 2 is 1.82 bits per heavy atom. The number of fused-ring (bicyclic) bond motifs is 2. The molecule has 2 heterocycles. The van der Waals surface area contributed by atoms with Crippen LogP contribution in [0.15, 0.2) is 60.7 Å². The Hall–Kier alpha value is -4.19. The number of hydrogen-bond donors (Lipinski definition) is 3. The van der Waals surface area contributed by atoms with Crippen LogP contribution in [-0.2, 0) is 9.53 Å². The minimum absolute atomic E-state index is 0.147. The number of carbonyl (C=O) groups excluding carboxylic acids is 3. The molecule has 0 saturated carbocycles. The number of aliphatic hydroxyl groups excluding tert-OH is 1. The summed E-state index contributed by atoms with van der Waals surface area (Å²) in [6.45, 7) is 7.71. The van der Waals surface area contributed by atoms with E-state index in [-0.39, 0.29) is 36.9 Å². The first kappa shape index (κ1) is 32.2. The van der Waals surface area contributed by atoms with Crippen LogP contribution in [0, 0.1) is 5.92 Å². The van der Waals surface area contributed by atoms with Gasteiger partial charge < -0.3 is 35.0 Å². The van der Waals surface area contributed by atoms with Crippen molar-refractivity contribution in [1.82, 2.24) is 14.7 Å². The molecule has 0 spiro atoms. The van der Waals surface area contributed by atoms with Crippen molar-refractivity contribution in [3.63, 3.8) is 0 Å². The van der Waals surface area contributed by atoms with Crippen LogP contribution >= 0.6 is 0 Å². The molecule has 1 fully saturated rings. The highest BCUT2D eigenvalue weighted by Gasteiger charge is 2.34. The van der Waals surface area contributed by atoms with E-state index < -0.39 is 12.1 Å². The first-order chi connectivity index (χ1) is 21.7. The molecule has 0 unspecified atom stereocenters. The van der Waals surface area contributed by atoms with Gasteiger partial charge in [0.1, 0.15) is 11.9 Å². The van der Waals surface area contributed by atoms with Crippen LogP contribution in [0.4, 0.5) is 16.2 Å². The number of urea groups is 1. The van der Waals surface area contributed by atoms with Gasteiger partial charge in [-0.25, -0.2) is 4.79 Å². The third-order valence-corrected chi connectivity index (χ3v) is 8.54. The Labute approximate surface area is 264 Å². The quantitative estimate of drug-likeness (QED) is 0.333. The van der Waals surface area contributed by atoms with Gasteiger partial charge in [-0.15, -0.1) is 0 Å². The van der Waals surface area contributed by atoms with Gasteiger partial charge in [-0.1, -0.05) is 43.3 Å². The molecular formula is C34H43N5O6. The molecule has 2 aliphatic heterocycles. The number of anilines is 2. The molecule has 3 aromatic carbocycles. The number of morpholine rings is 1. The first-order valence-electron chi connectivity index (χ1n) is 15.6. The average molecular weight is 618 g/mol. The molecule has 3 N–H and O–H groups in total. The molecule has 0 aromatic heterocycles. The second-order valence-electron chi connectivity index (χ2n) is 11.9. The third-order valence-electron chi connectivity index (χ3n) is 8.54. The highest BCUT2D eigenvalue weighted by molar-refractivity contribution is 6.02. The molecule has 0 aliphatic carbocycles. The molecule has 4 amide bonds. The molecular weight excluding hydrogens is 574 g/mol. The Morgan fingerprint density at radius 3 is 2.60 bits per heavy atom. The Bertz CT molecular complexity index is 1500. The normalized spacial score (nSPS) is 19.6. The van der Waals surface area contributed by atoms with E-state index in [0.29, 0.717) is 49.7 Å². The van der Waals surface area contributed by atoms with E-state index in [0.717, 1.165) is 29.5 Å². The van der Waals surface area contributed by atoms with Crippen LogP contribution < -0.4 is 15.4 Å². The van der Waals surface area contributed by atoms with Gasteiger partial charge in [0.05, 0.1) is 43.7 Å². The van der Waals surface area contributed by atoms with Gasteiger partial charge in [0, 0.05) is 56.6 Å². The Morgan fingerprint density at radius 1 is 1.07 bits per heavy atom. The summed E-state index contributed by atoms with van der Waals surface area (Å²) in [5, 5.41) is 17.9. The topological polar surface area (TPSA) is 124 Å². The molecule has 240 valence electrons. The summed E-state index contributed by atoms with van der Waals surface area (Å²) in [5.41, 5.74) is 1.50. The minimum atomic E-state index is -0.456. The maximum atomic E-state index is 13.8. The fourth-order valence-corrected chi connectivity index (χ4v) is 5.72. The van der Waals surface area contributed by atoms with E-state index in [1.807, 2.05) is 49.4 Å². The maximum Gasteiger partial charge on any atom is 0.321 e. The molecule has 0 bridgehead atoms. The summed E-state index contributed by atoms with van der Waals surface area (Å²) in [5.74, 6) is -0.237. The van der Waals surface area contributed by atoms with Crippen molar-refractivity contribution < 1.29 is 29.0 Å². The van der Waals surface area contributed by atoms with Gasteiger partial charge in [0.25, 0.3) is 5.91 Å². The summed E-state index contributed by atoms with van der Waals surface area (Å²) in [6.07, 6.45) is -0.135. The maximum absolute atomic E-state index is 13.8. The molecule has 2 aliphatic rings. The average Bonchev–Trinajstić information content (AvgIpc) is 3.05. The fraction of sp³-hybridized carbons (Fsp3) is 0.441. The van der Waals surface area contributed by atoms with E-state index in [1.54, 1.807) is 42.0 Å². The van der Waals surface area contributed by atoms with Crippen LogP contribution in [0.3, 0.4) is 0 Å². The standard InChI is InChI=1S/C34H43N5O6/c1-23-20-39(24(2)22-40)33(42)28-19-26(35-32(41)13-14-38-15-17-44-18-16-38)11-12-30(28)45-31(23)21-37(3)34(43)36-29-10-6-8-25-7-4-5-9-27(25)29/h4-12,19,23-24,31,40H,13-18,20-22H2,1-3H3,(H,35,41)(H,36,43)/t23-,24-,31+/m1/s1. The molecule has 0 radical (unpaired) electrons. The van der Waals surface area contributed by atoms with E-state index in [2.05, 4.69) is 15.5 Å². The number of carbonyl (C=O) groups is 3. The summed E-state index contributed by atoms with van der Waals surface area (Å²) in [7, 11) is 1.71. The SMILES string of the molecule is C[C@@H]1CN([C@H](C)CO)C(=O)c2cc(NC(=O)CCN3CCOCC3)ccc2O[C@H]1CN(C)C(=O)Nc1cccc2ccccc12. The van der Waals surface area contributed by atoms with Crippen molar-refractivity contribution >= 4 is 40.0 Å². The second kappa shape index (κ2) is 14.7. The Kier molecular flexibility index (Phi) is 10.5. The van der Waals surface area contributed by atoms with Crippen molar-refractivity contribution in [3.05, 3.63) is 66.2 Å². The van der Waals surface area contributed by atoms with E-state index in [9.17, 15) is 19.5 Å². The number of benzene rings is 3. The van der Waals surface area contributed by atoms with Crippen LogP contribution in [0.5, 0.6) is 5.75 Å². The van der Waals surface area contributed by atoms with Gasteiger partial charge in [-0.05, 0) is 36.6 Å². The zero-order chi connectivity index (χ0) is 31.9. The van der Waals surface area contributed by atoms with Gasteiger partial charge in [0.15, 0.2) is 0 Å². The van der Waals surface area contributed by atoms with Crippen molar-refractivity contribution in [2.75, 3.05) is 70.2 Å². The molecule has 3 atom stereocenters. The number of aliphatic hydroxyl groups is 1. The fourth-order valence-electron chi connectivity index (χ4n) is 5.72. The number of amides is 4. The van der Waals surface area contributed by atoms with E-state index >= 15 is 0 Å². The van der Waals surface area contributed by atoms with Gasteiger partial charge in [0.2, 0.25) is 5.91 Å². The van der Waals surface area contributed by atoms with E-state index in [4.69, 9.17) is 9.47 Å². The predicted molar refractivity (Wildman–Crippen MR) is 174 cm³/mol. The molecule has 11 nitrogen and oxygen atoms in total. The van der Waals surface area contributed by atoms with Gasteiger partial charge in [-0.2, -0.15) is 0 Å². The summed E-state index contributed by atoms with van der Waals surface area (Å²) < 4.78 is 11.8. The van der Waals surface area contributed by atoms with Crippen LogP contribution in [-0.4, -0.2) is 109 Å². The highest BCUT2D eigenvalue weighted by Crippen LogP contribution is 2.31. The van der Waals surface area contributed by atoms with Crippen LogP contribution in [0.2, 0.25) is 0 Å². The number of nitrogens with one attached hydrogen (secondary N) is 2. The molecule has 5 rings (SSSR count). The van der Waals surface area contributed by atoms with Gasteiger partial charge >= 0.3 is 6.03 Å². The van der Waals surface area contributed by atoms with Crippen molar-refractivity contribution in [1.29, 1.82) is 0 Å². The third kappa shape index (κ3) is 7.91. The summed E-state index contributed by atoms with van der Waals surface area (Å²) in [4.78, 5) is 45.3. The highest BCUT2D eigenvalue weighted by atomic mass is 16.5. The lowest BCUT2D eigenvalue weighted by molar-refractivity contribution is -0.116. The zero-order valence-electron chi connectivity index (χ0n) is 26.2. The monoisotopic (exact) mass is 617 g/mol. The molecule has 3 aromatic rings. The minimum Gasteiger partial charge on any atom is -0.487 e. The number of hydrogen-bond acceptors (Lipinski definition) is 7. The predicted octanol–water partition coefficient (Wildman–Crippen LogP) is 3.88. The number of likely N-dealkylation sites (N-methyl/N-ethyl adjacent to an activating group) is 1. The lowest BCUT2D eigenvalue weighted by Crippen LogP contribution is -2.50. The lowest BCUT2D eigenvalue weighted by atomic mass is 9.99. The first-order valence-corrected chi connectivity index (χ1v) is 15.6. The van der Waals surface area contributed by atoms with Crippen molar-refractivity contribution in [2.45, 2.75) is 32.4 Å².